The van der Waals surface area contributed by atoms with Crippen molar-refractivity contribution in [3.63, 3.8) is 0 Å². The Morgan fingerprint density at radius 3 is 2.36 bits per heavy atom. The Morgan fingerprint density at radius 1 is 1.04 bits per heavy atom. The monoisotopic (exact) mass is 338 g/mol. The summed E-state index contributed by atoms with van der Waals surface area (Å²) < 4.78 is 0. The Balaban J connectivity index is 1.75. The van der Waals surface area contributed by atoms with Crippen molar-refractivity contribution in [2.75, 3.05) is 6.54 Å². The normalized spacial score (nSPS) is 24.0. The summed E-state index contributed by atoms with van der Waals surface area (Å²) in [6.07, 6.45) is 9.13. The van der Waals surface area contributed by atoms with Gasteiger partial charge in [-0.25, -0.2) is 0 Å². The maximum atomic E-state index is 11.6. The molecule has 0 bridgehead atoms. The van der Waals surface area contributed by atoms with Gasteiger partial charge >= 0.3 is 0 Å². The van der Waals surface area contributed by atoms with Crippen LogP contribution in [0.2, 0.25) is 0 Å². The number of benzene rings is 1. The predicted octanol–water partition coefficient (Wildman–Crippen LogP) is 4.36. The number of piperidine rings is 1. The lowest BCUT2D eigenvalue weighted by molar-refractivity contribution is 0.0519. The van der Waals surface area contributed by atoms with Crippen molar-refractivity contribution in [1.29, 1.82) is 0 Å². The van der Waals surface area contributed by atoms with Gasteiger partial charge in [-0.1, -0.05) is 42.8 Å². The molecule has 0 saturated carbocycles. The molecule has 1 N–H and O–H groups in total. The third kappa shape index (κ3) is 4.10. The summed E-state index contributed by atoms with van der Waals surface area (Å²) in [6, 6.07) is 15.2. The van der Waals surface area contributed by atoms with Crippen LogP contribution in [0.4, 0.5) is 0 Å². The van der Waals surface area contributed by atoms with Crippen molar-refractivity contribution in [2.24, 2.45) is 0 Å². The van der Waals surface area contributed by atoms with Crippen molar-refractivity contribution >= 4 is 0 Å². The molecule has 2 heterocycles. The Morgan fingerprint density at radius 2 is 1.72 bits per heavy atom. The fraction of sp³-hybridized carbons (Fsp3) is 0.500. The lowest BCUT2D eigenvalue weighted by Gasteiger charge is -2.39. The van der Waals surface area contributed by atoms with Gasteiger partial charge in [0.25, 0.3) is 0 Å². The average molecular weight is 338 g/mol. The summed E-state index contributed by atoms with van der Waals surface area (Å²) in [5.74, 6) is 0. The SMILES string of the molecule is C[C@@H]1CCC[C@@H](C)N1CCC[C@](O)(c1ccccc1)c1cccnc1. The lowest BCUT2D eigenvalue weighted by Crippen LogP contribution is -2.44. The minimum absolute atomic E-state index is 0.645. The van der Waals surface area contributed by atoms with Crippen LogP contribution in [0, 0.1) is 0 Å². The van der Waals surface area contributed by atoms with Gasteiger partial charge in [0.1, 0.15) is 5.60 Å². The van der Waals surface area contributed by atoms with Crippen LogP contribution in [0.1, 0.15) is 57.1 Å². The van der Waals surface area contributed by atoms with Crippen LogP contribution >= 0.6 is 0 Å². The van der Waals surface area contributed by atoms with Crippen molar-refractivity contribution in [3.8, 4) is 0 Å². The molecule has 1 aromatic heterocycles. The van der Waals surface area contributed by atoms with Crippen LogP contribution in [-0.2, 0) is 5.60 Å². The first-order valence-corrected chi connectivity index (χ1v) is 9.55. The van der Waals surface area contributed by atoms with E-state index in [0.717, 1.165) is 24.1 Å². The molecule has 2 aromatic rings. The number of pyridine rings is 1. The Bertz CT molecular complexity index is 594. The zero-order valence-electron chi connectivity index (χ0n) is 15.4. The van der Waals surface area contributed by atoms with E-state index in [4.69, 9.17) is 0 Å². The molecule has 0 unspecified atom stereocenters. The number of rotatable bonds is 6. The molecule has 1 aromatic carbocycles. The largest absolute Gasteiger partial charge is 0.380 e. The van der Waals surface area contributed by atoms with E-state index in [2.05, 4.69) is 23.7 Å². The van der Waals surface area contributed by atoms with Crippen molar-refractivity contribution in [2.45, 2.75) is 63.6 Å². The van der Waals surface area contributed by atoms with Crippen molar-refractivity contribution in [3.05, 3.63) is 66.0 Å². The van der Waals surface area contributed by atoms with E-state index < -0.39 is 5.60 Å². The highest BCUT2D eigenvalue weighted by molar-refractivity contribution is 5.34. The highest BCUT2D eigenvalue weighted by atomic mass is 16.3. The van der Waals surface area contributed by atoms with Gasteiger partial charge in [0, 0.05) is 30.0 Å². The number of aromatic nitrogens is 1. The molecule has 0 radical (unpaired) electrons. The maximum Gasteiger partial charge on any atom is 0.116 e. The van der Waals surface area contributed by atoms with Crippen LogP contribution in [0.25, 0.3) is 0 Å². The molecule has 3 atom stereocenters. The fourth-order valence-corrected chi connectivity index (χ4v) is 4.21. The van der Waals surface area contributed by atoms with Crippen molar-refractivity contribution < 1.29 is 5.11 Å². The molecule has 3 heteroatoms. The number of likely N-dealkylation sites (tertiary alicyclic amines) is 1. The van der Waals surface area contributed by atoms with Crippen LogP contribution in [0.15, 0.2) is 54.9 Å². The lowest BCUT2D eigenvalue weighted by atomic mass is 9.83. The molecule has 1 saturated heterocycles. The quantitative estimate of drug-likeness (QED) is 0.850. The summed E-state index contributed by atoms with van der Waals surface area (Å²) in [4.78, 5) is 6.84. The molecule has 1 fully saturated rings. The van der Waals surface area contributed by atoms with E-state index in [1.165, 1.54) is 19.3 Å². The Kier molecular flexibility index (Phi) is 5.87. The summed E-state index contributed by atoms with van der Waals surface area (Å²) in [6.45, 7) is 5.71. The number of hydrogen-bond donors (Lipinski definition) is 1. The summed E-state index contributed by atoms with van der Waals surface area (Å²) in [7, 11) is 0. The second-order valence-corrected chi connectivity index (χ2v) is 7.44. The number of hydrogen-bond acceptors (Lipinski definition) is 3. The molecule has 25 heavy (non-hydrogen) atoms. The molecule has 0 amide bonds. The van der Waals surface area contributed by atoms with Gasteiger partial charge in [-0.05, 0) is 57.7 Å². The fourth-order valence-electron chi connectivity index (χ4n) is 4.21. The van der Waals surface area contributed by atoms with E-state index in [1.54, 1.807) is 12.4 Å². The molecule has 0 spiro atoms. The van der Waals surface area contributed by atoms with Gasteiger partial charge in [-0.15, -0.1) is 0 Å². The highest BCUT2D eigenvalue weighted by Gasteiger charge is 2.32. The molecular formula is C22H30N2O. The molecule has 134 valence electrons. The average Bonchev–Trinajstić information content (AvgIpc) is 2.65. The van der Waals surface area contributed by atoms with Crippen LogP contribution in [0.3, 0.4) is 0 Å². The predicted molar refractivity (Wildman–Crippen MR) is 102 cm³/mol. The van der Waals surface area contributed by atoms with Crippen LogP contribution < -0.4 is 0 Å². The Labute approximate surface area is 151 Å². The van der Waals surface area contributed by atoms with Crippen molar-refractivity contribution in [1.82, 2.24) is 9.88 Å². The summed E-state index contributed by atoms with van der Waals surface area (Å²) in [5, 5.41) is 11.6. The minimum Gasteiger partial charge on any atom is -0.380 e. The zero-order chi connectivity index (χ0) is 17.7. The molecule has 3 rings (SSSR count). The first kappa shape index (κ1) is 18.1. The zero-order valence-corrected chi connectivity index (χ0v) is 15.4. The van der Waals surface area contributed by atoms with Crippen LogP contribution in [-0.4, -0.2) is 33.6 Å². The topological polar surface area (TPSA) is 36.4 Å². The third-order valence-corrected chi connectivity index (χ3v) is 5.72. The van der Waals surface area contributed by atoms with Gasteiger partial charge in [-0.3, -0.25) is 9.88 Å². The maximum absolute atomic E-state index is 11.6. The van der Waals surface area contributed by atoms with Gasteiger partial charge in [0.05, 0.1) is 0 Å². The van der Waals surface area contributed by atoms with Gasteiger partial charge in [0.2, 0.25) is 0 Å². The van der Waals surface area contributed by atoms with E-state index in [9.17, 15) is 5.11 Å². The van der Waals surface area contributed by atoms with E-state index >= 15 is 0 Å². The van der Waals surface area contributed by atoms with E-state index in [0.29, 0.717) is 18.5 Å². The van der Waals surface area contributed by atoms with E-state index in [-0.39, 0.29) is 0 Å². The van der Waals surface area contributed by atoms with Gasteiger partial charge in [-0.2, -0.15) is 0 Å². The van der Waals surface area contributed by atoms with Crippen LogP contribution in [0.5, 0.6) is 0 Å². The smallest absolute Gasteiger partial charge is 0.116 e. The van der Waals surface area contributed by atoms with Gasteiger partial charge < -0.3 is 5.11 Å². The number of nitrogens with zero attached hydrogens (tertiary/aromatic N) is 2. The second kappa shape index (κ2) is 8.11. The third-order valence-electron chi connectivity index (χ3n) is 5.72. The molecule has 1 aliphatic heterocycles. The first-order valence-electron chi connectivity index (χ1n) is 9.55. The second-order valence-electron chi connectivity index (χ2n) is 7.44. The summed E-state index contributed by atoms with van der Waals surface area (Å²) >= 11 is 0. The minimum atomic E-state index is -0.974. The molecule has 3 nitrogen and oxygen atoms in total. The molecule has 0 aliphatic carbocycles. The number of aliphatic hydroxyl groups is 1. The highest BCUT2D eigenvalue weighted by Crippen LogP contribution is 2.34. The molecule has 1 aliphatic rings. The Hall–Kier alpha value is -1.71. The van der Waals surface area contributed by atoms with E-state index in [1.807, 2.05) is 42.5 Å². The van der Waals surface area contributed by atoms with Gasteiger partial charge in [0.15, 0.2) is 0 Å². The molecular weight excluding hydrogens is 308 g/mol. The summed E-state index contributed by atoms with van der Waals surface area (Å²) in [5.41, 5.74) is 0.848. The first-order chi connectivity index (χ1) is 12.1. The standard InChI is InChI=1S/C22H30N2O/c1-18-9-6-10-19(2)24(18)16-8-14-22(25,20-11-4-3-5-12-20)21-13-7-15-23-17-21/h3-5,7,11-13,15,17-19,25H,6,8-10,14,16H2,1-2H3/t18-,19-,22+/m1/s1.